The fourth-order valence-corrected chi connectivity index (χ4v) is 3.50. The second-order valence-corrected chi connectivity index (χ2v) is 6.19. The molecule has 1 heterocycles. The van der Waals surface area contributed by atoms with E-state index in [-0.39, 0.29) is 5.97 Å². The van der Waals surface area contributed by atoms with E-state index in [0.717, 1.165) is 21.2 Å². The van der Waals surface area contributed by atoms with Crippen LogP contribution in [0, 0.1) is 0 Å². The summed E-state index contributed by atoms with van der Waals surface area (Å²) in [6.45, 7) is 0. The zero-order valence-electron chi connectivity index (χ0n) is 12.2. The third kappa shape index (κ3) is 2.69. The van der Waals surface area contributed by atoms with Gasteiger partial charge in [-0.15, -0.1) is 0 Å². The summed E-state index contributed by atoms with van der Waals surface area (Å²) < 4.78 is 5.47. The third-order valence-electron chi connectivity index (χ3n) is 3.57. The summed E-state index contributed by atoms with van der Waals surface area (Å²) in [4.78, 5) is 14.7. The first kappa shape index (κ1) is 13.9. The normalized spacial score (nSPS) is 11.8. The summed E-state index contributed by atoms with van der Waals surface area (Å²) in [6.07, 6.45) is 0. The maximum Gasteiger partial charge on any atom is 0.345 e. The number of ether oxygens (including phenoxy) is 1. The Morgan fingerprint density at radius 1 is 0.826 bits per heavy atom. The molecule has 0 bridgehead atoms. The molecular formula is C19H13NO2S. The van der Waals surface area contributed by atoms with Crippen molar-refractivity contribution < 1.29 is 9.53 Å². The predicted octanol–water partition coefficient (Wildman–Crippen LogP) is 5.11. The zero-order valence-corrected chi connectivity index (χ0v) is 13.0. The smallest absolute Gasteiger partial charge is 0.345 e. The van der Waals surface area contributed by atoms with E-state index in [9.17, 15) is 4.79 Å². The molecule has 0 saturated carbocycles. The lowest BCUT2D eigenvalue weighted by Crippen LogP contribution is -2.13. The van der Waals surface area contributed by atoms with Gasteiger partial charge in [-0.1, -0.05) is 48.2 Å². The van der Waals surface area contributed by atoms with Gasteiger partial charge in [-0.25, -0.2) is 4.79 Å². The number of hydrogen-bond donors (Lipinski definition) is 1. The Morgan fingerprint density at radius 3 is 2.43 bits per heavy atom. The molecule has 0 amide bonds. The molecule has 1 N–H and O–H groups in total. The van der Waals surface area contributed by atoms with Crippen LogP contribution in [0.5, 0.6) is 5.75 Å². The average molecular weight is 319 g/mol. The summed E-state index contributed by atoms with van der Waals surface area (Å²) in [5, 5.41) is 3.35. The Hall–Kier alpha value is -2.72. The lowest BCUT2D eigenvalue weighted by atomic mass is 10.1. The van der Waals surface area contributed by atoms with Gasteiger partial charge in [-0.2, -0.15) is 0 Å². The highest BCUT2D eigenvalue weighted by molar-refractivity contribution is 7.99. The van der Waals surface area contributed by atoms with E-state index in [4.69, 9.17) is 4.74 Å². The number of carbonyl (C=O) groups is 1. The number of hydrogen-bond acceptors (Lipinski definition) is 4. The van der Waals surface area contributed by atoms with E-state index in [1.54, 1.807) is 30.0 Å². The monoisotopic (exact) mass is 319 g/mol. The Balaban J connectivity index is 1.68. The van der Waals surface area contributed by atoms with Gasteiger partial charge in [0, 0.05) is 9.79 Å². The Bertz CT molecular complexity index is 878. The Morgan fingerprint density at radius 2 is 1.57 bits per heavy atom. The molecule has 3 aromatic carbocycles. The largest absolute Gasteiger partial charge is 0.423 e. The topological polar surface area (TPSA) is 38.3 Å². The van der Waals surface area contributed by atoms with Gasteiger partial charge in [-0.05, 0) is 36.4 Å². The van der Waals surface area contributed by atoms with Crippen molar-refractivity contribution in [2.45, 2.75) is 9.79 Å². The molecular weight excluding hydrogens is 306 g/mol. The summed E-state index contributed by atoms with van der Waals surface area (Å²) in [5.74, 6) is 0.180. The van der Waals surface area contributed by atoms with Crippen LogP contribution in [-0.4, -0.2) is 5.97 Å². The molecule has 4 rings (SSSR count). The van der Waals surface area contributed by atoms with Gasteiger partial charge < -0.3 is 10.1 Å². The summed E-state index contributed by atoms with van der Waals surface area (Å²) in [7, 11) is 0. The van der Waals surface area contributed by atoms with E-state index in [2.05, 4.69) is 11.4 Å². The summed E-state index contributed by atoms with van der Waals surface area (Å²) >= 11 is 1.65. The third-order valence-corrected chi connectivity index (χ3v) is 4.70. The van der Waals surface area contributed by atoms with Crippen LogP contribution in [0.25, 0.3) is 0 Å². The predicted molar refractivity (Wildman–Crippen MR) is 91.7 cm³/mol. The van der Waals surface area contributed by atoms with Crippen LogP contribution in [0.4, 0.5) is 11.4 Å². The number of carbonyl (C=O) groups excluding carboxylic acids is 1. The maximum atomic E-state index is 12.5. The summed E-state index contributed by atoms with van der Waals surface area (Å²) in [5.41, 5.74) is 2.34. The van der Waals surface area contributed by atoms with Crippen LogP contribution in [-0.2, 0) is 0 Å². The molecule has 0 aliphatic carbocycles. The minimum atomic E-state index is -0.361. The molecule has 0 fully saturated rings. The zero-order chi connectivity index (χ0) is 15.6. The van der Waals surface area contributed by atoms with E-state index in [1.807, 2.05) is 48.5 Å². The number of para-hydroxylation sites is 3. The number of fused-ring (bicyclic) bond motifs is 2. The number of nitrogens with one attached hydrogen (secondary N) is 1. The van der Waals surface area contributed by atoms with Gasteiger partial charge in [0.2, 0.25) is 0 Å². The van der Waals surface area contributed by atoms with Crippen LogP contribution >= 0.6 is 11.8 Å². The van der Waals surface area contributed by atoms with Crippen molar-refractivity contribution in [2.24, 2.45) is 0 Å². The molecule has 0 saturated heterocycles. The minimum Gasteiger partial charge on any atom is -0.423 e. The molecule has 1 aliphatic rings. The van der Waals surface area contributed by atoms with Gasteiger partial charge in [0.05, 0.1) is 16.9 Å². The highest BCUT2D eigenvalue weighted by Crippen LogP contribution is 2.45. The van der Waals surface area contributed by atoms with Gasteiger partial charge in [0.25, 0.3) is 0 Å². The van der Waals surface area contributed by atoms with Crippen LogP contribution < -0.4 is 10.1 Å². The molecule has 0 aromatic heterocycles. The number of esters is 1. The molecule has 0 spiro atoms. The van der Waals surface area contributed by atoms with E-state index >= 15 is 0 Å². The standard InChI is InChI=1S/C19H13NO2S/c21-19(22-13-7-2-1-3-8-13)14-9-6-12-17-18(14)20-15-10-4-5-11-16(15)23-17/h1-12,20H. The van der Waals surface area contributed by atoms with E-state index in [1.165, 1.54) is 0 Å². The van der Waals surface area contributed by atoms with Crippen LogP contribution in [0.15, 0.2) is 82.6 Å². The van der Waals surface area contributed by atoms with Crippen molar-refractivity contribution in [1.82, 2.24) is 0 Å². The maximum absolute atomic E-state index is 12.5. The second kappa shape index (κ2) is 5.82. The molecule has 0 radical (unpaired) electrons. The van der Waals surface area contributed by atoms with Crippen molar-refractivity contribution in [3.63, 3.8) is 0 Å². The SMILES string of the molecule is O=C(Oc1ccccc1)c1cccc2c1Nc1ccccc1S2. The van der Waals surface area contributed by atoms with Crippen molar-refractivity contribution in [3.8, 4) is 5.75 Å². The molecule has 0 unspecified atom stereocenters. The fourth-order valence-electron chi connectivity index (χ4n) is 2.48. The highest BCUT2D eigenvalue weighted by atomic mass is 32.2. The molecule has 23 heavy (non-hydrogen) atoms. The molecule has 4 heteroatoms. The molecule has 1 aliphatic heterocycles. The first-order valence-electron chi connectivity index (χ1n) is 7.25. The molecule has 0 atom stereocenters. The number of benzene rings is 3. The Kier molecular flexibility index (Phi) is 3.52. The van der Waals surface area contributed by atoms with Crippen molar-refractivity contribution >= 4 is 29.1 Å². The van der Waals surface area contributed by atoms with Gasteiger partial charge in [0.1, 0.15) is 5.75 Å². The minimum absolute atomic E-state index is 0.361. The quantitative estimate of drug-likeness (QED) is 0.411. The number of rotatable bonds is 2. The first-order chi connectivity index (χ1) is 11.3. The first-order valence-corrected chi connectivity index (χ1v) is 8.07. The van der Waals surface area contributed by atoms with Gasteiger partial charge >= 0.3 is 5.97 Å². The average Bonchev–Trinajstić information content (AvgIpc) is 2.60. The van der Waals surface area contributed by atoms with Crippen molar-refractivity contribution in [1.29, 1.82) is 0 Å². The van der Waals surface area contributed by atoms with Crippen molar-refractivity contribution in [2.75, 3.05) is 5.32 Å². The van der Waals surface area contributed by atoms with Crippen LogP contribution in [0.2, 0.25) is 0 Å². The second-order valence-electron chi connectivity index (χ2n) is 5.10. The summed E-state index contributed by atoms with van der Waals surface area (Å²) in [6, 6.07) is 22.8. The van der Waals surface area contributed by atoms with Crippen LogP contribution in [0.3, 0.4) is 0 Å². The molecule has 3 aromatic rings. The Labute approximate surface area is 138 Å². The van der Waals surface area contributed by atoms with Gasteiger partial charge in [-0.3, -0.25) is 0 Å². The lowest BCUT2D eigenvalue weighted by molar-refractivity contribution is 0.0735. The van der Waals surface area contributed by atoms with E-state index < -0.39 is 0 Å². The lowest BCUT2D eigenvalue weighted by Gasteiger charge is -2.22. The molecule has 3 nitrogen and oxygen atoms in total. The number of anilines is 2. The van der Waals surface area contributed by atoms with Crippen molar-refractivity contribution in [3.05, 3.63) is 78.4 Å². The van der Waals surface area contributed by atoms with Crippen LogP contribution in [0.1, 0.15) is 10.4 Å². The molecule has 112 valence electrons. The van der Waals surface area contributed by atoms with E-state index in [0.29, 0.717) is 11.3 Å². The highest BCUT2D eigenvalue weighted by Gasteiger charge is 2.22. The fraction of sp³-hybridized carbons (Fsp3) is 0. The van der Waals surface area contributed by atoms with Gasteiger partial charge in [0.15, 0.2) is 0 Å².